The molecule has 1 aliphatic rings. The number of anilines is 2. The molecular formula is C19H21N7O2. The van der Waals surface area contributed by atoms with E-state index in [-0.39, 0.29) is 34.5 Å². The normalized spacial score (nSPS) is 15.8. The topological polar surface area (TPSA) is 145 Å². The first-order valence-corrected chi connectivity index (χ1v) is 9.08. The molecule has 4 rings (SSSR count). The molecule has 5 N–H and O–H groups in total. The van der Waals surface area contributed by atoms with Crippen LogP contribution in [0.15, 0.2) is 23.3 Å². The van der Waals surface area contributed by atoms with E-state index in [1.54, 1.807) is 17.2 Å². The Labute approximate surface area is 160 Å². The number of nitriles is 1. The molecule has 0 aliphatic carbocycles. The zero-order chi connectivity index (χ0) is 20.2. The third-order valence-electron chi connectivity index (χ3n) is 5.39. The molecule has 3 heterocycles. The Morgan fingerprint density at radius 2 is 2.14 bits per heavy atom. The molecule has 144 valence electrons. The predicted octanol–water partition coefficient (Wildman–Crippen LogP) is 0.783. The highest BCUT2D eigenvalue weighted by Crippen LogP contribution is 2.34. The van der Waals surface area contributed by atoms with Crippen LogP contribution in [0, 0.1) is 23.2 Å². The van der Waals surface area contributed by atoms with Crippen molar-refractivity contribution in [3.63, 3.8) is 0 Å². The van der Waals surface area contributed by atoms with Crippen molar-refractivity contribution in [2.24, 2.45) is 17.7 Å². The summed E-state index contributed by atoms with van der Waals surface area (Å²) in [6.45, 7) is 4.47. The lowest BCUT2D eigenvalue weighted by Crippen LogP contribution is -2.60. The molecular weight excluding hydrogens is 358 g/mol. The van der Waals surface area contributed by atoms with E-state index in [0.29, 0.717) is 34.9 Å². The zero-order valence-corrected chi connectivity index (χ0v) is 15.6. The van der Waals surface area contributed by atoms with E-state index in [4.69, 9.17) is 16.8 Å². The summed E-state index contributed by atoms with van der Waals surface area (Å²) >= 11 is 0. The van der Waals surface area contributed by atoms with Crippen LogP contribution in [0.25, 0.3) is 21.8 Å². The van der Waals surface area contributed by atoms with E-state index >= 15 is 0 Å². The molecule has 0 spiro atoms. The summed E-state index contributed by atoms with van der Waals surface area (Å²) in [4.78, 5) is 35.0. The Morgan fingerprint density at radius 1 is 1.43 bits per heavy atom. The number of carbonyl (C=O) groups excluding carboxylic acids is 1. The molecule has 9 heteroatoms. The lowest BCUT2D eigenvalue weighted by atomic mass is 9.95. The van der Waals surface area contributed by atoms with Gasteiger partial charge in [-0.2, -0.15) is 5.26 Å². The minimum Gasteiger partial charge on any atom is -0.396 e. The van der Waals surface area contributed by atoms with Gasteiger partial charge in [0.2, 0.25) is 11.3 Å². The molecule has 1 amide bonds. The first-order valence-electron chi connectivity index (χ1n) is 9.08. The van der Waals surface area contributed by atoms with Crippen LogP contribution in [0.1, 0.15) is 13.8 Å². The van der Waals surface area contributed by atoms with Gasteiger partial charge in [0, 0.05) is 36.3 Å². The van der Waals surface area contributed by atoms with Gasteiger partial charge in [-0.3, -0.25) is 14.6 Å². The molecule has 3 aromatic rings. The second-order valence-electron chi connectivity index (χ2n) is 7.54. The quantitative estimate of drug-likeness (QED) is 0.345. The fourth-order valence-electron chi connectivity index (χ4n) is 3.88. The fraction of sp³-hybridized carbons (Fsp3) is 0.368. The van der Waals surface area contributed by atoms with Crippen LogP contribution in [0.4, 0.5) is 11.4 Å². The van der Waals surface area contributed by atoms with E-state index in [0.717, 1.165) is 0 Å². The number of nitrogens with one attached hydrogen (secondary N) is 1. The molecule has 0 bridgehead atoms. The number of H-pyrrole nitrogens is 1. The number of carbonyl (C=O) groups is 1. The third kappa shape index (κ3) is 2.46. The van der Waals surface area contributed by atoms with E-state index in [1.165, 1.54) is 11.2 Å². The molecule has 0 radical (unpaired) electrons. The number of hydrazine groups is 1. The molecule has 28 heavy (non-hydrogen) atoms. The number of nitrogen functional groups attached to an aromatic ring is 1. The Bertz CT molecular complexity index is 1160. The maximum atomic E-state index is 13.1. The van der Waals surface area contributed by atoms with Crippen LogP contribution < -0.4 is 22.0 Å². The number of rotatable bonds is 4. The summed E-state index contributed by atoms with van der Waals surface area (Å²) in [5, 5.41) is 11.9. The lowest BCUT2D eigenvalue weighted by molar-refractivity contribution is -0.138. The molecule has 1 saturated heterocycles. The van der Waals surface area contributed by atoms with Gasteiger partial charge in [0.05, 0.1) is 23.1 Å². The van der Waals surface area contributed by atoms with Gasteiger partial charge < -0.3 is 15.6 Å². The molecule has 9 nitrogen and oxygen atoms in total. The summed E-state index contributed by atoms with van der Waals surface area (Å²) in [5.74, 6) is 5.81. The van der Waals surface area contributed by atoms with E-state index in [1.807, 2.05) is 13.8 Å². The summed E-state index contributed by atoms with van der Waals surface area (Å²) in [5.41, 5.74) is 6.87. The molecule has 1 aliphatic heterocycles. The van der Waals surface area contributed by atoms with Gasteiger partial charge in [0.1, 0.15) is 17.4 Å². The summed E-state index contributed by atoms with van der Waals surface area (Å²) < 4.78 is 0. The Kier molecular flexibility index (Phi) is 4.08. The number of nitrogens with zero attached hydrogens (tertiary/aromatic N) is 4. The minimum absolute atomic E-state index is 0.0948. The van der Waals surface area contributed by atoms with Crippen molar-refractivity contribution in [3.05, 3.63) is 28.7 Å². The number of aromatic nitrogens is 2. The van der Waals surface area contributed by atoms with Crippen LogP contribution in [0.3, 0.4) is 0 Å². The first kappa shape index (κ1) is 18.0. The number of nitrogens with two attached hydrogens (primary N) is 2. The number of hydrogen-bond donors (Lipinski definition) is 3. The van der Waals surface area contributed by atoms with Crippen LogP contribution in [0.2, 0.25) is 0 Å². The molecule has 1 aromatic carbocycles. The van der Waals surface area contributed by atoms with Crippen molar-refractivity contribution in [2.45, 2.75) is 19.9 Å². The number of amides is 1. The lowest BCUT2D eigenvalue weighted by Gasteiger charge is -2.41. The molecule has 2 aromatic heterocycles. The largest absolute Gasteiger partial charge is 0.396 e. The fourth-order valence-corrected chi connectivity index (χ4v) is 3.88. The molecule has 0 saturated carbocycles. The van der Waals surface area contributed by atoms with E-state index < -0.39 is 6.04 Å². The Morgan fingerprint density at radius 3 is 2.79 bits per heavy atom. The van der Waals surface area contributed by atoms with Gasteiger partial charge >= 0.3 is 0 Å². The number of likely N-dealkylation sites (tertiary alicyclic amines) is 1. The molecule has 1 atom stereocenters. The first-order chi connectivity index (χ1) is 13.3. The van der Waals surface area contributed by atoms with Gasteiger partial charge in [-0.25, -0.2) is 10.8 Å². The number of benzene rings is 1. The van der Waals surface area contributed by atoms with Crippen molar-refractivity contribution in [2.75, 3.05) is 23.8 Å². The van der Waals surface area contributed by atoms with Crippen molar-refractivity contribution in [1.29, 1.82) is 5.26 Å². The van der Waals surface area contributed by atoms with Gasteiger partial charge in [-0.1, -0.05) is 13.8 Å². The number of pyridine rings is 1. The standard InChI is InChI=1S/C19H21N7O2/c1-9(2)15(19(28)25-7-10(5-20)8-25)26(22)16-14(21)11-3-4-23-18-13(11)12(6-24-18)17(16)27/h3-4,6,9-10,15H,7-8,21-22H2,1-2H3,(H,23,24). The molecule has 1 fully saturated rings. The van der Waals surface area contributed by atoms with Gasteiger partial charge in [0.15, 0.2) is 0 Å². The minimum atomic E-state index is -0.771. The second-order valence-corrected chi connectivity index (χ2v) is 7.54. The average molecular weight is 379 g/mol. The third-order valence-corrected chi connectivity index (χ3v) is 5.39. The van der Waals surface area contributed by atoms with Crippen molar-refractivity contribution >= 4 is 39.1 Å². The predicted molar refractivity (Wildman–Crippen MR) is 106 cm³/mol. The number of aromatic amines is 1. The van der Waals surface area contributed by atoms with Crippen LogP contribution in [0.5, 0.6) is 0 Å². The summed E-state index contributed by atoms with van der Waals surface area (Å²) in [6.07, 6.45) is 3.19. The second kappa shape index (κ2) is 6.35. The van der Waals surface area contributed by atoms with Crippen molar-refractivity contribution in [3.8, 4) is 6.07 Å². The maximum Gasteiger partial charge on any atom is 0.247 e. The highest BCUT2D eigenvalue weighted by Gasteiger charge is 2.39. The van der Waals surface area contributed by atoms with E-state index in [9.17, 15) is 9.59 Å². The molecule has 1 unspecified atom stereocenters. The monoisotopic (exact) mass is 379 g/mol. The van der Waals surface area contributed by atoms with Crippen LogP contribution >= 0.6 is 0 Å². The van der Waals surface area contributed by atoms with Gasteiger partial charge in [0.25, 0.3) is 0 Å². The van der Waals surface area contributed by atoms with Crippen molar-refractivity contribution < 1.29 is 4.79 Å². The van der Waals surface area contributed by atoms with Gasteiger partial charge in [-0.05, 0) is 12.0 Å². The maximum absolute atomic E-state index is 13.1. The summed E-state index contributed by atoms with van der Waals surface area (Å²) in [6, 6.07) is 3.14. The number of hydrogen-bond acceptors (Lipinski definition) is 7. The SMILES string of the molecule is CC(C)C(C(=O)N1CC(C#N)C1)N(N)c1c(N)c2cc[nH]c3ncc(c1=O)c32. The summed E-state index contributed by atoms with van der Waals surface area (Å²) in [7, 11) is 0. The van der Waals surface area contributed by atoms with E-state index in [2.05, 4.69) is 16.0 Å². The average Bonchev–Trinajstić information content (AvgIpc) is 3.04. The Hall–Kier alpha value is -3.38. The van der Waals surface area contributed by atoms with Gasteiger partial charge in [-0.15, -0.1) is 0 Å². The smallest absolute Gasteiger partial charge is 0.247 e. The highest BCUT2D eigenvalue weighted by atomic mass is 16.2. The zero-order valence-electron chi connectivity index (χ0n) is 15.6. The van der Waals surface area contributed by atoms with Crippen LogP contribution in [-0.2, 0) is 4.79 Å². The van der Waals surface area contributed by atoms with Crippen LogP contribution in [-0.4, -0.2) is 39.9 Å². The Balaban J connectivity index is 1.81. The van der Waals surface area contributed by atoms with Crippen molar-refractivity contribution in [1.82, 2.24) is 14.9 Å². The highest BCUT2D eigenvalue weighted by molar-refractivity contribution is 6.15.